The first-order valence-electron chi connectivity index (χ1n) is 16.3. The Morgan fingerprint density at radius 3 is 1.79 bits per heavy atom. The van der Waals surface area contributed by atoms with Crippen molar-refractivity contribution in [2.75, 3.05) is 26.4 Å². The second kappa shape index (κ2) is 20.5. The molecule has 0 spiro atoms. The van der Waals surface area contributed by atoms with E-state index in [0.717, 1.165) is 64.2 Å². The maximum absolute atomic E-state index is 12.7. The van der Waals surface area contributed by atoms with Crippen molar-refractivity contribution in [2.24, 2.45) is 0 Å². The summed E-state index contributed by atoms with van der Waals surface area (Å²) in [6.07, 6.45) is 9.53. The molecule has 0 aromatic heterocycles. The number of carbonyl (C=O) groups excluding carboxylic acids is 2. The Morgan fingerprint density at radius 2 is 1.19 bits per heavy atom. The van der Waals surface area contributed by atoms with Crippen LogP contribution in [0.4, 0.5) is 0 Å². The van der Waals surface area contributed by atoms with Gasteiger partial charge in [-0.05, 0) is 111 Å². The van der Waals surface area contributed by atoms with Gasteiger partial charge in [-0.2, -0.15) is 0 Å². The van der Waals surface area contributed by atoms with Gasteiger partial charge in [0.25, 0.3) is 0 Å². The van der Waals surface area contributed by atoms with E-state index in [4.69, 9.17) is 24.1 Å². The summed E-state index contributed by atoms with van der Waals surface area (Å²) in [6, 6.07) is 18.3. The molecule has 0 unspecified atom stereocenters. The lowest BCUT2D eigenvalue weighted by Crippen LogP contribution is -2.08. The van der Waals surface area contributed by atoms with E-state index < -0.39 is 11.9 Å². The lowest BCUT2D eigenvalue weighted by molar-refractivity contribution is -0.139. The molecule has 0 amide bonds. The molecule has 0 radical (unpaired) electrons. The molecule has 0 aliphatic heterocycles. The number of hydrogen-bond donors (Lipinski definition) is 2. The van der Waals surface area contributed by atoms with Crippen LogP contribution >= 0.6 is 0 Å². The highest BCUT2D eigenvalue weighted by Crippen LogP contribution is 2.30. The average Bonchev–Trinajstić information content (AvgIpc) is 3.07. The van der Waals surface area contributed by atoms with Crippen molar-refractivity contribution in [1.82, 2.24) is 0 Å². The number of hydrogen-bond acceptors (Lipinski definition) is 8. The second-order valence-corrected chi connectivity index (χ2v) is 11.3. The summed E-state index contributed by atoms with van der Waals surface area (Å²) in [6.45, 7) is 6.86. The summed E-state index contributed by atoms with van der Waals surface area (Å²) >= 11 is 0. The fourth-order valence-corrected chi connectivity index (χ4v) is 4.74. The van der Waals surface area contributed by atoms with Crippen molar-refractivity contribution in [3.63, 3.8) is 0 Å². The van der Waals surface area contributed by atoms with E-state index in [-0.39, 0.29) is 18.1 Å². The van der Waals surface area contributed by atoms with E-state index in [1.165, 1.54) is 6.07 Å². The van der Waals surface area contributed by atoms with Gasteiger partial charge in [-0.3, -0.25) is 0 Å². The third-order valence-corrected chi connectivity index (χ3v) is 7.40. The van der Waals surface area contributed by atoms with E-state index in [0.29, 0.717) is 59.3 Å². The highest BCUT2D eigenvalue weighted by atomic mass is 16.5. The molecule has 0 aliphatic carbocycles. The van der Waals surface area contributed by atoms with E-state index >= 15 is 0 Å². The summed E-state index contributed by atoms with van der Waals surface area (Å²) in [7, 11) is 0. The molecule has 0 fully saturated rings. The van der Waals surface area contributed by atoms with Crippen LogP contribution in [0.3, 0.4) is 0 Å². The van der Waals surface area contributed by atoms with Crippen LogP contribution in [0.15, 0.2) is 78.9 Å². The minimum Gasteiger partial charge on any atom is -0.494 e. The van der Waals surface area contributed by atoms with Crippen molar-refractivity contribution in [3.8, 4) is 28.4 Å². The smallest absolute Gasteiger partial charge is 0.343 e. The van der Waals surface area contributed by atoms with Crippen LogP contribution in [0, 0.1) is 0 Å². The monoisotopic (exact) mass is 646 g/mol. The molecular weight excluding hydrogens is 600 g/mol. The van der Waals surface area contributed by atoms with Crippen LogP contribution in [0.1, 0.15) is 91.8 Å². The number of benzene rings is 3. The van der Waals surface area contributed by atoms with Gasteiger partial charge in [0.05, 0.1) is 30.9 Å². The van der Waals surface area contributed by atoms with Gasteiger partial charge in [0, 0.05) is 12.2 Å². The Kier molecular flexibility index (Phi) is 16.1. The molecule has 0 bridgehead atoms. The van der Waals surface area contributed by atoms with Crippen LogP contribution in [0.25, 0.3) is 11.1 Å². The van der Waals surface area contributed by atoms with Crippen LogP contribution < -0.4 is 14.2 Å². The third-order valence-electron chi connectivity index (χ3n) is 7.40. The lowest BCUT2D eigenvalue weighted by atomic mass is 9.99. The number of unbranched alkanes of at least 4 members (excludes halogenated alkanes) is 8. The first-order chi connectivity index (χ1) is 22.8. The Morgan fingerprint density at radius 1 is 0.660 bits per heavy atom. The fourth-order valence-electron chi connectivity index (χ4n) is 4.74. The molecule has 3 rings (SSSR count). The third kappa shape index (κ3) is 13.3. The molecular formula is C38H46O9. The lowest BCUT2D eigenvalue weighted by Gasteiger charge is -2.12. The molecule has 0 saturated carbocycles. The molecule has 252 valence electrons. The molecule has 3 aromatic rings. The summed E-state index contributed by atoms with van der Waals surface area (Å²) in [5.41, 5.74) is 2.04. The van der Waals surface area contributed by atoms with Crippen LogP contribution in [-0.2, 0) is 9.53 Å². The van der Waals surface area contributed by atoms with Crippen molar-refractivity contribution in [2.45, 2.75) is 71.1 Å². The molecule has 9 nitrogen and oxygen atoms in total. The molecule has 2 N–H and O–H groups in total. The van der Waals surface area contributed by atoms with Crippen LogP contribution in [0.2, 0.25) is 0 Å². The van der Waals surface area contributed by atoms with Crippen molar-refractivity contribution < 1.29 is 43.5 Å². The largest absolute Gasteiger partial charge is 0.494 e. The maximum Gasteiger partial charge on any atom is 0.343 e. The second-order valence-electron chi connectivity index (χ2n) is 11.3. The van der Waals surface area contributed by atoms with Gasteiger partial charge >= 0.3 is 17.9 Å². The number of aliphatic hydroxyl groups is 1. The fraction of sp³-hybridized carbons (Fsp3) is 0.395. The minimum absolute atomic E-state index is 0.131. The standard InChI is InChI=1S/C38H46O9/c1-28(2)37(42)46-26-12-8-7-11-25-45-33-21-22-34(36(40)41)35(27-33)29-13-19-32(20-14-29)47-38(43)30-15-17-31(18-16-30)44-24-10-6-4-3-5-9-23-39/h13-22,27,39H,1,3-12,23-26H2,2H3,(H,40,41). The van der Waals surface area contributed by atoms with Crippen molar-refractivity contribution in [3.05, 3.63) is 90.0 Å². The van der Waals surface area contributed by atoms with Crippen molar-refractivity contribution >= 4 is 17.9 Å². The summed E-state index contributed by atoms with van der Waals surface area (Å²) < 4.78 is 22.3. The molecule has 0 heterocycles. The molecule has 3 aromatic carbocycles. The number of carbonyl (C=O) groups is 3. The first kappa shape index (κ1) is 36.8. The summed E-state index contributed by atoms with van der Waals surface area (Å²) in [4.78, 5) is 36.1. The van der Waals surface area contributed by atoms with Gasteiger partial charge in [-0.15, -0.1) is 0 Å². The SMILES string of the molecule is C=C(C)C(=O)OCCCCCCOc1ccc(C(=O)O)c(-c2ccc(OC(=O)c3ccc(OCCCCCCCCO)cc3)cc2)c1. The van der Waals surface area contributed by atoms with E-state index in [9.17, 15) is 19.5 Å². The summed E-state index contributed by atoms with van der Waals surface area (Å²) in [5, 5.41) is 18.6. The molecule has 9 heteroatoms. The van der Waals surface area contributed by atoms with E-state index in [1.807, 2.05) is 0 Å². The first-order valence-corrected chi connectivity index (χ1v) is 16.3. The number of ether oxygens (including phenoxy) is 4. The number of carboxylic acids is 1. The Labute approximate surface area is 277 Å². The van der Waals surface area contributed by atoms with Gasteiger partial charge in [0.15, 0.2) is 0 Å². The molecule has 0 saturated heterocycles. The number of rotatable bonds is 22. The van der Waals surface area contributed by atoms with Crippen molar-refractivity contribution in [1.29, 1.82) is 0 Å². The quantitative estimate of drug-likeness (QED) is 0.0482. The van der Waals surface area contributed by atoms with Gasteiger partial charge in [-0.25, -0.2) is 14.4 Å². The predicted molar refractivity (Wildman–Crippen MR) is 180 cm³/mol. The average molecular weight is 647 g/mol. The Balaban J connectivity index is 1.47. The molecule has 0 aliphatic rings. The van der Waals surface area contributed by atoms with Gasteiger partial charge in [0.1, 0.15) is 17.2 Å². The molecule has 47 heavy (non-hydrogen) atoms. The number of aliphatic hydroxyl groups excluding tert-OH is 1. The van der Waals surface area contributed by atoms with Gasteiger partial charge < -0.3 is 29.2 Å². The highest BCUT2D eigenvalue weighted by molar-refractivity contribution is 5.96. The van der Waals surface area contributed by atoms with Gasteiger partial charge in [-0.1, -0.05) is 44.4 Å². The zero-order valence-electron chi connectivity index (χ0n) is 27.2. The minimum atomic E-state index is -1.06. The summed E-state index contributed by atoms with van der Waals surface area (Å²) in [5.74, 6) is -0.376. The van der Waals surface area contributed by atoms with Crippen LogP contribution in [0.5, 0.6) is 17.2 Å². The Hall–Kier alpha value is -4.63. The van der Waals surface area contributed by atoms with E-state index in [2.05, 4.69) is 6.58 Å². The number of carboxylic acid groups (broad SMARTS) is 1. The van der Waals surface area contributed by atoms with Gasteiger partial charge in [0.2, 0.25) is 0 Å². The van der Waals surface area contributed by atoms with E-state index in [1.54, 1.807) is 67.6 Å². The predicted octanol–water partition coefficient (Wildman–Crippen LogP) is 8.04. The highest BCUT2D eigenvalue weighted by Gasteiger charge is 2.15. The number of esters is 2. The topological polar surface area (TPSA) is 129 Å². The zero-order chi connectivity index (χ0) is 33.9. The van der Waals surface area contributed by atoms with Crippen LogP contribution in [-0.4, -0.2) is 54.5 Å². The zero-order valence-corrected chi connectivity index (χ0v) is 27.2. The maximum atomic E-state index is 12.7. The Bertz CT molecular complexity index is 1430. The normalized spacial score (nSPS) is 10.7. The molecule has 0 atom stereocenters. The number of aromatic carboxylic acids is 1.